The maximum absolute atomic E-state index is 12.7. The number of amides is 2. The van der Waals surface area contributed by atoms with Gasteiger partial charge in [-0.1, -0.05) is 11.6 Å². The van der Waals surface area contributed by atoms with E-state index in [0.29, 0.717) is 18.5 Å². The third kappa shape index (κ3) is 2.43. The summed E-state index contributed by atoms with van der Waals surface area (Å²) >= 11 is 0. The van der Waals surface area contributed by atoms with Crippen molar-refractivity contribution in [3.63, 3.8) is 0 Å². The van der Waals surface area contributed by atoms with Crippen molar-refractivity contribution >= 4 is 22.7 Å². The van der Waals surface area contributed by atoms with Crippen molar-refractivity contribution in [2.45, 2.75) is 33.2 Å². The van der Waals surface area contributed by atoms with Crippen molar-refractivity contribution in [3.8, 4) is 0 Å². The highest BCUT2D eigenvalue weighted by Gasteiger charge is 2.27. The maximum atomic E-state index is 12.7. The van der Waals surface area contributed by atoms with Gasteiger partial charge >= 0.3 is 0 Å². The number of hydrogen-bond donors (Lipinski definition) is 2. The third-order valence-corrected chi connectivity index (χ3v) is 4.21. The average Bonchev–Trinajstić information content (AvgIpc) is 2.86. The van der Waals surface area contributed by atoms with E-state index in [0.717, 1.165) is 27.7 Å². The SMILES string of the molecule is Cc1ccc2nc(C)c(C)c(C(=O)NC3CCNC3=O)c2c1. The van der Waals surface area contributed by atoms with Gasteiger partial charge in [0.25, 0.3) is 5.91 Å². The van der Waals surface area contributed by atoms with Crippen LogP contribution in [0.1, 0.15) is 33.6 Å². The first-order chi connectivity index (χ1) is 10.5. The Morgan fingerprint density at radius 2 is 2.09 bits per heavy atom. The molecule has 0 radical (unpaired) electrons. The number of carbonyl (C=O) groups excluding carboxylic acids is 2. The minimum atomic E-state index is -0.444. The van der Waals surface area contributed by atoms with Gasteiger partial charge in [0, 0.05) is 17.6 Å². The summed E-state index contributed by atoms with van der Waals surface area (Å²) in [6, 6.07) is 5.44. The molecule has 2 amide bonds. The number of rotatable bonds is 2. The van der Waals surface area contributed by atoms with E-state index in [4.69, 9.17) is 0 Å². The van der Waals surface area contributed by atoms with E-state index < -0.39 is 6.04 Å². The maximum Gasteiger partial charge on any atom is 0.252 e. The number of carbonyl (C=O) groups is 2. The van der Waals surface area contributed by atoms with Gasteiger partial charge in [0.05, 0.1) is 11.1 Å². The van der Waals surface area contributed by atoms with Gasteiger partial charge in [-0.15, -0.1) is 0 Å². The second-order valence-electron chi connectivity index (χ2n) is 5.82. The van der Waals surface area contributed by atoms with Crippen molar-refractivity contribution < 1.29 is 9.59 Å². The minimum absolute atomic E-state index is 0.114. The molecule has 2 aromatic rings. The lowest BCUT2D eigenvalue weighted by atomic mass is 9.99. The molecule has 5 heteroatoms. The normalized spacial score (nSPS) is 17.6. The van der Waals surface area contributed by atoms with Gasteiger partial charge in [0.15, 0.2) is 0 Å². The monoisotopic (exact) mass is 297 g/mol. The number of aromatic nitrogens is 1. The van der Waals surface area contributed by atoms with Crippen molar-refractivity contribution in [1.82, 2.24) is 15.6 Å². The number of nitrogens with one attached hydrogen (secondary N) is 2. The van der Waals surface area contributed by atoms with Gasteiger partial charge in [0.1, 0.15) is 6.04 Å². The lowest BCUT2D eigenvalue weighted by molar-refractivity contribution is -0.120. The molecule has 1 aromatic carbocycles. The average molecular weight is 297 g/mol. The first-order valence-corrected chi connectivity index (χ1v) is 7.43. The molecule has 0 aliphatic carbocycles. The van der Waals surface area contributed by atoms with Crippen molar-refractivity contribution in [2.24, 2.45) is 0 Å². The molecule has 22 heavy (non-hydrogen) atoms. The van der Waals surface area contributed by atoms with E-state index in [1.165, 1.54) is 0 Å². The topological polar surface area (TPSA) is 71.1 Å². The summed E-state index contributed by atoms with van der Waals surface area (Å²) in [4.78, 5) is 28.9. The van der Waals surface area contributed by atoms with Crippen LogP contribution in [0.15, 0.2) is 18.2 Å². The Balaban J connectivity index is 2.08. The first kappa shape index (κ1) is 14.5. The molecule has 1 aliphatic rings. The van der Waals surface area contributed by atoms with Crippen LogP contribution < -0.4 is 10.6 Å². The lowest BCUT2D eigenvalue weighted by Gasteiger charge is -2.15. The molecule has 114 valence electrons. The van der Waals surface area contributed by atoms with Gasteiger partial charge in [0.2, 0.25) is 5.91 Å². The molecule has 2 heterocycles. The van der Waals surface area contributed by atoms with Gasteiger partial charge < -0.3 is 10.6 Å². The second kappa shape index (κ2) is 5.40. The molecule has 1 aliphatic heterocycles. The minimum Gasteiger partial charge on any atom is -0.354 e. The molecule has 1 fully saturated rings. The van der Waals surface area contributed by atoms with Gasteiger partial charge in [-0.3, -0.25) is 14.6 Å². The summed E-state index contributed by atoms with van der Waals surface area (Å²) < 4.78 is 0. The molecule has 0 spiro atoms. The van der Waals surface area contributed by atoms with Crippen LogP contribution in [0.2, 0.25) is 0 Å². The van der Waals surface area contributed by atoms with Crippen molar-refractivity contribution in [2.75, 3.05) is 6.54 Å². The number of nitrogens with zero attached hydrogens (tertiary/aromatic N) is 1. The summed E-state index contributed by atoms with van der Waals surface area (Å²) in [7, 11) is 0. The zero-order valence-electron chi connectivity index (χ0n) is 13.0. The molecule has 5 nitrogen and oxygen atoms in total. The third-order valence-electron chi connectivity index (χ3n) is 4.21. The zero-order valence-corrected chi connectivity index (χ0v) is 13.0. The summed E-state index contributed by atoms with van der Waals surface area (Å²) in [5.41, 5.74) is 4.18. The molecule has 1 unspecified atom stereocenters. The Bertz CT molecular complexity index is 783. The smallest absolute Gasteiger partial charge is 0.252 e. The van der Waals surface area contributed by atoms with E-state index in [1.54, 1.807) is 0 Å². The second-order valence-corrected chi connectivity index (χ2v) is 5.82. The fraction of sp³-hybridized carbons (Fsp3) is 0.353. The van der Waals surface area contributed by atoms with E-state index in [-0.39, 0.29) is 11.8 Å². The van der Waals surface area contributed by atoms with Crippen LogP contribution >= 0.6 is 0 Å². The van der Waals surface area contributed by atoms with Gasteiger partial charge in [-0.2, -0.15) is 0 Å². The highest BCUT2D eigenvalue weighted by atomic mass is 16.2. The van der Waals surface area contributed by atoms with E-state index in [1.807, 2.05) is 39.0 Å². The predicted molar refractivity (Wildman–Crippen MR) is 84.8 cm³/mol. The van der Waals surface area contributed by atoms with Crippen molar-refractivity contribution in [1.29, 1.82) is 0 Å². The summed E-state index contributed by atoms with van der Waals surface area (Å²) in [6.07, 6.45) is 0.630. The molecule has 1 aromatic heterocycles. The Labute approximate surface area is 129 Å². The Hall–Kier alpha value is -2.43. The number of aryl methyl sites for hydroxylation is 2. The Kier molecular flexibility index (Phi) is 3.56. The summed E-state index contributed by atoms with van der Waals surface area (Å²) in [5.74, 6) is -0.321. The van der Waals surface area contributed by atoms with Crippen LogP contribution in [-0.4, -0.2) is 29.4 Å². The fourth-order valence-corrected chi connectivity index (χ4v) is 2.85. The molecule has 2 N–H and O–H groups in total. The molecule has 0 bridgehead atoms. The number of benzene rings is 1. The molecule has 0 saturated carbocycles. The molecule has 1 saturated heterocycles. The highest BCUT2D eigenvalue weighted by molar-refractivity contribution is 6.09. The van der Waals surface area contributed by atoms with Crippen LogP contribution in [0, 0.1) is 20.8 Å². The quantitative estimate of drug-likeness (QED) is 0.887. The van der Waals surface area contributed by atoms with Crippen LogP contribution in [0.3, 0.4) is 0 Å². The fourth-order valence-electron chi connectivity index (χ4n) is 2.85. The standard InChI is InChI=1S/C17H19N3O2/c1-9-4-5-13-12(8-9)15(10(2)11(3)19-13)17(22)20-14-6-7-18-16(14)21/h4-5,8,14H,6-7H2,1-3H3,(H,18,21)(H,20,22). The molecule has 3 rings (SSSR count). The van der Waals surface area contributed by atoms with Crippen LogP contribution in [0.5, 0.6) is 0 Å². The molecular weight excluding hydrogens is 278 g/mol. The number of hydrogen-bond acceptors (Lipinski definition) is 3. The Morgan fingerprint density at radius 3 is 2.77 bits per heavy atom. The first-order valence-electron chi connectivity index (χ1n) is 7.43. The summed E-state index contributed by atoms with van der Waals surface area (Å²) in [6.45, 7) is 6.39. The van der Waals surface area contributed by atoms with Crippen molar-refractivity contribution in [3.05, 3.63) is 40.6 Å². The number of pyridine rings is 1. The van der Waals surface area contributed by atoms with Gasteiger partial charge in [-0.05, 0) is 44.9 Å². The van der Waals surface area contributed by atoms with Crippen LogP contribution in [0.4, 0.5) is 0 Å². The van der Waals surface area contributed by atoms with E-state index in [9.17, 15) is 9.59 Å². The lowest BCUT2D eigenvalue weighted by Crippen LogP contribution is -2.40. The molecular formula is C17H19N3O2. The van der Waals surface area contributed by atoms with Crippen LogP contribution in [0.25, 0.3) is 10.9 Å². The largest absolute Gasteiger partial charge is 0.354 e. The molecule has 1 atom stereocenters. The predicted octanol–water partition coefficient (Wildman–Crippen LogP) is 1.78. The van der Waals surface area contributed by atoms with Crippen LogP contribution in [-0.2, 0) is 4.79 Å². The number of fused-ring (bicyclic) bond motifs is 1. The highest BCUT2D eigenvalue weighted by Crippen LogP contribution is 2.24. The zero-order chi connectivity index (χ0) is 15.9. The van der Waals surface area contributed by atoms with E-state index in [2.05, 4.69) is 15.6 Å². The Morgan fingerprint density at radius 1 is 1.32 bits per heavy atom. The van der Waals surface area contributed by atoms with E-state index >= 15 is 0 Å². The summed E-state index contributed by atoms with van der Waals surface area (Å²) in [5, 5.41) is 6.41. The van der Waals surface area contributed by atoms with Gasteiger partial charge in [-0.25, -0.2) is 0 Å².